The Kier molecular flexibility index (Phi) is 9.32. The van der Waals surface area contributed by atoms with Gasteiger partial charge in [-0.1, -0.05) is 95.0 Å². The molecule has 0 N–H and O–H groups in total. The summed E-state index contributed by atoms with van der Waals surface area (Å²) in [6, 6.07) is 15.5. The van der Waals surface area contributed by atoms with E-state index in [1.807, 2.05) is 22.7 Å². The lowest BCUT2D eigenvalue weighted by atomic mass is 10.0. The Bertz CT molecular complexity index is 782. The minimum absolute atomic E-state index is 1.24. The van der Waals surface area contributed by atoms with Crippen molar-refractivity contribution in [2.24, 2.45) is 0 Å². The Hall–Kier alpha value is -1.38. The maximum Gasteiger partial charge on any atom is 0.0521 e. The first-order valence-electron chi connectivity index (χ1n) is 11.1. The van der Waals surface area contributed by atoms with Crippen molar-refractivity contribution >= 4 is 22.7 Å². The van der Waals surface area contributed by atoms with Crippen LogP contribution in [0.1, 0.15) is 76.7 Å². The molecule has 0 aliphatic rings. The molecule has 0 radical (unpaired) electrons. The summed E-state index contributed by atoms with van der Waals surface area (Å²) in [5.41, 5.74) is 4.22. The predicted molar refractivity (Wildman–Crippen MR) is 129 cm³/mol. The number of aryl methyl sites for hydroxylation is 1. The zero-order chi connectivity index (χ0) is 19.4. The Balaban J connectivity index is 1.39. The number of rotatable bonds is 13. The highest BCUT2D eigenvalue weighted by atomic mass is 32.1. The highest BCUT2D eigenvalue weighted by Gasteiger charge is 2.11. The van der Waals surface area contributed by atoms with Crippen molar-refractivity contribution in [1.29, 1.82) is 0 Å². The normalized spacial score (nSPS) is 11.2. The summed E-state index contributed by atoms with van der Waals surface area (Å²) in [4.78, 5) is 2.85. The first-order valence-corrected chi connectivity index (χ1v) is 12.8. The SMILES string of the molecule is CCCCCCCCCCCCc1csc(-c2sccc2-c2ccccc2)c1. The lowest BCUT2D eigenvalue weighted by molar-refractivity contribution is 0.556. The van der Waals surface area contributed by atoms with Gasteiger partial charge in [-0.05, 0) is 46.9 Å². The van der Waals surface area contributed by atoms with E-state index in [1.165, 1.54) is 97.1 Å². The third-order valence-corrected chi connectivity index (χ3v) is 7.52. The van der Waals surface area contributed by atoms with E-state index in [9.17, 15) is 0 Å². The predicted octanol–water partition coefficient (Wildman–Crippen LogP) is 9.61. The largest absolute Gasteiger partial charge is 0.143 e. The molecule has 2 heteroatoms. The van der Waals surface area contributed by atoms with Gasteiger partial charge in [-0.2, -0.15) is 0 Å². The van der Waals surface area contributed by atoms with Gasteiger partial charge in [-0.3, -0.25) is 0 Å². The third-order valence-electron chi connectivity index (χ3n) is 5.45. The summed E-state index contributed by atoms with van der Waals surface area (Å²) in [6.07, 6.45) is 15.3. The van der Waals surface area contributed by atoms with Crippen LogP contribution in [0.15, 0.2) is 53.2 Å². The average Bonchev–Trinajstić information content (AvgIpc) is 3.39. The smallest absolute Gasteiger partial charge is 0.0521 e. The van der Waals surface area contributed by atoms with Crippen LogP contribution in [-0.4, -0.2) is 0 Å². The van der Waals surface area contributed by atoms with Crippen molar-refractivity contribution in [2.45, 2.75) is 77.6 Å². The van der Waals surface area contributed by atoms with Gasteiger partial charge in [-0.15, -0.1) is 22.7 Å². The molecule has 0 unspecified atom stereocenters. The second-order valence-electron chi connectivity index (χ2n) is 7.78. The Morgan fingerprint density at radius 1 is 0.714 bits per heavy atom. The number of hydrogen-bond acceptors (Lipinski definition) is 2. The number of hydrogen-bond donors (Lipinski definition) is 0. The summed E-state index contributed by atoms with van der Waals surface area (Å²) >= 11 is 3.77. The maximum atomic E-state index is 2.43. The van der Waals surface area contributed by atoms with Crippen LogP contribution in [-0.2, 0) is 6.42 Å². The molecule has 0 nitrogen and oxygen atoms in total. The molecule has 0 bridgehead atoms. The van der Waals surface area contributed by atoms with Crippen LogP contribution in [0.25, 0.3) is 20.9 Å². The summed E-state index contributed by atoms with van der Waals surface area (Å²) in [5.74, 6) is 0. The zero-order valence-electron chi connectivity index (χ0n) is 17.3. The Morgan fingerprint density at radius 2 is 1.39 bits per heavy atom. The average molecular weight is 411 g/mol. The fraction of sp³-hybridized carbons (Fsp3) is 0.462. The molecule has 2 heterocycles. The van der Waals surface area contributed by atoms with Crippen LogP contribution >= 0.6 is 22.7 Å². The van der Waals surface area contributed by atoms with E-state index in [0.29, 0.717) is 0 Å². The van der Waals surface area contributed by atoms with Crippen molar-refractivity contribution in [3.8, 4) is 20.9 Å². The Labute approximate surface area is 179 Å². The van der Waals surface area contributed by atoms with E-state index in [4.69, 9.17) is 0 Å². The molecule has 2 aromatic heterocycles. The molecule has 0 aliphatic carbocycles. The number of thiophene rings is 2. The van der Waals surface area contributed by atoms with E-state index in [2.05, 4.69) is 60.1 Å². The molecule has 0 saturated carbocycles. The molecule has 3 aromatic rings. The second-order valence-corrected chi connectivity index (χ2v) is 9.61. The minimum Gasteiger partial charge on any atom is -0.143 e. The maximum absolute atomic E-state index is 2.43. The molecule has 0 amide bonds. The molecule has 0 spiro atoms. The van der Waals surface area contributed by atoms with E-state index >= 15 is 0 Å². The van der Waals surface area contributed by atoms with E-state index in [-0.39, 0.29) is 0 Å². The second kappa shape index (κ2) is 12.2. The van der Waals surface area contributed by atoms with Crippen molar-refractivity contribution < 1.29 is 0 Å². The van der Waals surface area contributed by atoms with Gasteiger partial charge in [0.15, 0.2) is 0 Å². The van der Waals surface area contributed by atoms with E-state index < -0.39 is 0 Å². The van der Waals surface area contributed by atoms with Gasteiger partial charge in [0.2, 0.25) is 0 Å². The summed E-state index contributed by atoms with van der Waals surface area (Å²) in [5, 5.41) is 4.59. The van der Waals surface area contributed by atoms with Crippen molar-refractivity contribution in [1.82, 2.24) is 0 Å². The number of benzene rings is 1. The fourth-order valence-corrected chi connectivity index (χ4v) is 5.80. The first-order chi connectivity index (χ1) is 13.9. The quantitative estimate of drug-likeness (QED) is 0.246. The molecule has 28 heavy (non-hydrogen) atoms. The summed E-state index contributed by atoms with van der Waals surface area (Å²) in [7, 11) is 0. The van der Waals surface area contributed by atoms with Crippen LogP contribution in [0.4, 0.5) is 0 Å². The Morgan fingerprint density at radius 3 is 2.11 bits per heavy atom. The summed E-state index contributed by atoms with van der Waals surface area (Å²) < 4.78 is 0. The molecular weight excluding hydrogens is 376 g/mol. The van der Waals surface area contributed by atoms with E-state index in [1.54, 1.807) is 0 Å². The molecule has 0 saturated heterocycles. The van der Waals surface area contributed by atoms with Gasteiger partial charge < -0.3 is 0 Å². The van der Waals surface area contributed by atoms with Gasteiger partial charge >= 0.3 is 0 Å². The molecule has 0 fully saturated rings. The lowest BCUT2D eigenvalue weighted by Gasteiger charge is -2.02. The first kappa shape index (κ1) is 21.3. The summed E-state index contributed by atoms with van der Waals surface area (Å²) in [6.45, 7) is 2.29. The van der Waals surface area contributed by atoms with Crippen molar-refractivity contribution in [3.05, 3.63) is 58.8 Å². The van der Waals surface area contributed by atoms with Gasteiger partial charge in [0.1, 0.15) is 0 Å². The number of unbranched alkanes of at least 4 members (excludes halogenated alkanes) is 9. The lowest BCUT2D eigenvalue weighted by Crippen LogP contribution is -1.84. The highest BCUT2D eigenvalue weighted by Crippen LogP contribution is 2.39. The van der Waals surface area contributed by atoms with Crippen LogP contribution in [0.5, 0.6) is 0 Å². The van der Waals surface area contributed by atoms with E-state index in [0.717, 1.165) is 0 Å². The minimum atomic E-state index is 1.24. The van der Waals surface area contributed by atoms with Crippen LogP contribution < -0.4 is 0 Å². The molecule has 1 aromatic carbocycles. The van der Waals surface area contributed by atoms with Crippen LogP contribution in [0, 0.1) is 0 Å². The zero-order valence-corrected chi connectivity index (χ0v) is 18.9. The van der Waals surface area contributed by atoms with Crippen molar-refractivity contribution in [3.63, 3.8) is 0 Å². The van der Waals surface area contributed by atoms with Gasteiger partial charge in [0.25, 0.3) is 0 Å². The van der Waals surface area contributed by atoms with Gasteiger partial charge in [0.05, 0.1) is 4.88 Å². The fourth-order valence-electron chi connectivity index (χ4n) is 3.79. The standard InChI is InChI=1S/C26H34S2/c1-2-3-4-5-6-7-8-9-10-12-15-22-20-25(28-21-22)26-24(18-19-27-26)23-16-13-11-14-17-23/h11,13-14,16-21H,2-10,12,15H2,1H3. The van der Waals surface area contributed by atoms with Gasteiger partial charge in [-0.25, -0.2) is 0 Å². The third kappa shape index (κ3) is 6.60. The van der Waals surface area contributed by atoms with Crippen LogP contribution in [0.3, 0.4) is 0 Å². The molecule has 0 atom stereocenters. The van der Waals surface area contributed by atoms with Crippen molar-refractivity contribution in [2.75, 3.05) is 0 Å². The molecule has 3 rings (SSSR count). The molecule has 150 valence electrons. The topological polar surface area (TPSA) is 0 Å². The molecule has 0 aliphatic heterocycles. The van der Waals surface area contributed by atoms with Crippen LogP contribution in [0.2, 0.25) is 0 Å². The molecular formula is C26H34S2. The highest BCUT2D eigenvalue weighted by molar-refractivity contribution is 7.20. The van der Waals surface area contributed by atoms with Gasteiger partial charge in [0, 0.05) is 10.4 Å². The monoisotopic (exact) mass is 410 g/mol.